The largest absolute Gasteiger partial charge is 0.298 e. The van der Waals surface area contributed by atoms with Crippen molar-refractivity contribution in [3.63, 3.8) is 0 Å². The average Bonchev–Trinajstić information content (AvgIpc) is 2.91. The molecule has 0 saturated heterocycles. The summed E-state index contributed by atoms with van der Waals surface area (Å²) in [6.07, 6.45) is 0.913. The van der Waals surface area contributed by atoms with Gasteiger partial charge in [-0.05, 0) is 24.3 Å². The predicted octanol–water partition coefficient (Wildman–Crippen LogP) is 3.22. The standard InChI is InChI=1S/C15H17NO/c1-10-4-6-11(7-5-10)12(9-16)14(17)13-8-15(13,2)3/h4-7,12-13H,8H2,1-3H3. The van der Waals surface area contributed by atoms with Gasteiger partial charge in [-0.1, -0.05) is 43.7 Å². The summed E-state index contributed by atoms with van der Waals surface area (Å²) >= 11 is 0. The minimum Gasteiger partial charge on any atom is -0.298 e. The van der Waals surface area contributed by atoms with E-state index in [9.17, 15) is 10.1 Å². The lowest BCUT2D eigenvalue weighted by Crippen LogP contribution is -2.15. The summed E-state index contributed by atoms with van der Waals surface area (Å²) < 4.78 is 0. The summed E-state index contributed by atoms with van der Waals surface area (Å²) in [4.78, 5) is 12.2. The second-order valence-electron chi connectivity index (χ2n) is 5.62. The van der Waals surface area contributed by atoms with Crippen LogP contribution in [0.4, 0.5) is 0 Å². The van der Waals surface area contributed by atoms with Crippen LogP contribution < -0.4 is 0 Å². The first-order valence-electron chi connectivity index (χ1n) is 5.95. The molecule has 0 amide bonds. The normalized spacial score (nSPS) is 22.6. The van der Waals surface area contributed by atoms with Crippen LogP contribution in [0.25, 0.3) is 0 Å². The Balaban J connectivity index is 2.21. The van der Waals surface area contributed by atoms with E-state index in [4.69, 9.17) is 0 Å². The summed E-state index contributed by atoms with van der Waals surface area (Å²) in [5.74, 6) is -0.447. The van der Waals surface area contributed by atoms with Crippen LogP contribution in [0.5, 0.6) is 0 Å². The highest BCUT2D eigenvalue weighted by molar-refractivity contribution is 5.93. The first-order valence-corrected chi connectivity index (χ1v) is 5.95. The van der Waals surface area contributed by atoms with Crippen molar-refractivity contribution in [2.45, 2.75) is 33.1 Å². The van der Waals surface area contributed by atoms with E-state index in [2.05, 4.69) is 19.9 Å². The van der Waals surface area contributed by atoms with Gasteiger partial charge in [0.2, 0.25) is 0 Å². The van der Waals surface area contributed by atoms with Crippen molar-refractivity contribution in [1.29, 1.82) is 5.26 Å². The van der Waals surface area contributed by atoms with Gasteiger partial charge < -0.3 is 0 Å². The van der Waals surface area contributed by atoms with Gasteiger partial charge in [-0.15, -0.1) is 0 Å². The van der Waals surface area contributed by atoms with Gasteiger partial charge in [-0.25, -0.2) is 0 Å². The number of hydrogen-bond donors (Lipinski definition) is 0. The molecule has 0 N–H and O–H groups in total. The zero-order chi connectivity index (χ0) is 12.6. The molecule has 1 aromatic rings. The average molecular weight is 227 g/mol. The van der Waals surface area contributed by atoms with Crippen LogP contribution in [0.1, 0.15) is 37.3 Å². The van der Waals surface area contributed by atoms with Crippen molar-refractivity contribution >= 4 is 5.78 Å². The Labute approximate surface area is 102 Å². The summed E-state index contributed by atoms with van der Waals surface area (Å²) in [5.41, 5.74) is 2.06. The highest BCUT2D eigenvalue weighted by Crippen LogP contribution is 2.53. The number of benzene rings is 1. The molecule has 0 aromatic heterocycles. The number of rotatable bonds is 3. The number of hydrogen-bond acceptors (Lipinski definition) is 2. The van der Waals surface area contributed by atoms with Crippen LogP contribution >= 0.6 is 0 Å². The SMILES string of the molecule is Cc1ccc(C(C#N)C(=O)C2CC2(C)C)cc1. The van der Waals surface area contributed by atoms with Crippen molar-refractivity contribution in [2.24, 2.45) is 11.3 Å². The third-order valence-corrected chi connectivity index (χ3v) is 3.68. The van der Waals surface area contributed by atoms with Gasteiger partial charge in [0.25, 0.3) is 0 Å². The molecule has 17 heavy (non-hydrogen) atoms. The highest BCUT2D eigenvalue weighted by atomic mass is 16.1. The highest BCUT2D eigenvalue weighted by Gasteiger charge is 2.52. The van der Waals surface area contributed by atoms with Crippen LogP contribution in [-0.4, -0.2) is 5.78 Å². The fourth-order valence-corrected chi connectivity index (χ4v) is 2.22. The summed E-state index contributed by atoms with van der Waals surface area (Å²) in [7, 11) is 0. The Morgan fingerprint density at radius 2 is 1.94 bits per heavy atom. The van der Waals surface area contributed by atoms with Crippen molar-refractivity contribution in [3.8, 4) is 6.07 Å². The number of nitriles is 1. The Morgan fingerprint density at radius 3 is 2.35 bits per heavy atom. The molecule has 0 bridgehead atoms. The van der Waals surface area contributed by atoms with Gasteiger partial charge in [0.05, 0.1) is 6.07 Å². The number of nitrogens with zero attached hydrogens (tertiary/aromatic N) is 1. The van der Waals surface area contributed by atoms with Gasteiger partial charge in [0, 0.05) is 5.92 Å². The molecule has 88 valence electrons. The van der Waals surface area contributed by atoms with Crippen LogP contribution in [0.15, 0.2) is 24.3 Å². The minimum atomic E-state index is -0.595. The maximum Gasteiger partial charge on any atom is 0.158 e. The predicted molar refractivity (Wildman–Crippen MR) is 66.4 cm³/mol. The van der Waals surface area contributed by atoms with E-state index < -0.39 is 5.92 Å². The molecule has 1 aromatic carbocycles. The number of Topliss-reactive ketones (excluding diaryl/α,β-unsaturated/α-hetero) is 1. The lowest BCUT2D eigenvalue weighted by atomic mass is 9.91. The van der Waals surface area contributed by atoms with Crippen molar-refractivity contribution < 1.29 is 4.79 Å². The van der Waals surface area contributed by atoms with Crippen molar-refractivity contribution in [2.75, 3.05) is 0 Å². The summed E-state index contributed by atoms with van der Waals surface area (Å²) in [6.45, 7) is 6.16. The second-order valence-corrected chi connectivity index (χ2v) is 5.62. The Kier molecular flexibility index (Phi) is 2.79. The smallest absolute Gasteiger partial charge is 0.158 e. The molecule has 2 atom stereocenters. The van der Waals surface area contributed by atoms with E-state index in [1.165, 1.54) is 0 Å². The molecule has 2 rings (SSSR count). The zero-order valence-electron chi connectivity index (χ0n) is 10.5. The van der Waals surface area contributed by atoms with E-state index in [1.807, 2.05) is 31.2 Å². The molecule has 1 aliphatic carbocycles. The summed E-state index contributed by atoms with van der Waals surface area (Å²) in [5, 5.41) is 9.20. The van der Waals surface area contributed by atoms with Crippen molar-refractivity contribution in [1.82, 2.24) is 0 Å². The first-order chi connectivity index (χ1) is 7.95. The number of ketones is 1. The number of carbonyl (C=O) groups is 1. The molecule has 1 aliphatic rings. The molecule has 0 radical (unpaired) electrons. The molecular formula is C15H17NO. The fourth-order valence-electron chi connectivity index (χ4n) is 2.22. The number of carbonyl (C=O) groups excluding carboxylic acids is 1. The third-order valence-electron chi connectivity index (χ3n) is 3.68. The topological polar surface area (TPSA) is 40.9 Å². The fraction of sp³-hybridized carbons (Fsp3) is 0.467. The molecule has 1 fully saturated rings. The van der Waals surface area contributed by atoms with Crippen LogP contribution in [0, 0.1) is 29.6 Å². The van der Waals surface area contributed by atoms with E-state index in [1.54, 1.807) is 0 Å². The molecule has 2 heteroatoms. The number of aryl methyl sites for hydroxylation is 1. The Morgan fingerprint density at radius 1 is 1.41 bits per heavy atom. The minimum absolute atomic E-state index is 0.0634. The van der Waals surface area contributed by atoms with Crippen LogP contribution in [-0.2, 0) is 4.79 Å². The van der Waals surface area contributed by atoms with Crippen LogP contribution in [0.2, 0.25) is 0 Å². The lowest BCUT2D eigenvalue weighted by molar-refractivity contribution is -0.121. The van der Waals surface area contributed by atoms with E-state index in [0.29, 0.717) is 0 Å². The molecule has 2 unspecified atom stereocenters. The van der Waals surface area contributed by atoms with E-state index in [-0.39, 0.29) is 17.1 Å². The lowest BCUT2D eigenvalue weighted by Gasteiger charge is -2.10. The molecular weight excluding hydrogens is 210 g/mol. The quantitative estimate of drug-likeness (QED) is 0.795. The molecule has 1 saturated carbocycles. The van der Waals surface area contributed by atoms with Gasteiger partial charge in [0.1, 0.15) is 5.92 Å². The summed E-state index contributed by atoms with van der Waals surface area (Å²) in [6, 6.07) is 9.82. The molecule has 0 spiro atoms. The second kappa shape index (κ2) is 4.00. The van der Waals surface area contributed by atoms with E-state index in [0.717, 1.165) is 17.5 Å². The van der Waals surface area contributed by atoms with Gasteiger partial charge in [-0.2, -0.15) is 5.26 Å². The van der Waals surface area contributed by atoms with E-state index >= 15 is 0 Å². The van der Waals surface area contributed by atoms with Gasteiger partial charge in [-0.3, -0.25) is 4.79 Å². The Bertz CT molecular complexity index is 479. The molecule has 2 nitrogen and oxygen atoms in total. The zero-order valence-corrected chi connectivity index (χ0v) is 10.5. The van der Waals surface area contributed by atoms with Gasteiger partial charge >= 0.3 is 0 Å². The maximum atomic E-state index is 12.2. The molecule has 0 heterocycles. The van der Waals surface area contributed by atoms with Crippen molar-refractivity contribution in [3.05, 3.63) is 35.4 Å². The van der Waals surface area contributed by atoms with Crippen LogP contribution in [0.3, 0.4) is 0 Å². The monoisotopic (exact) mass is 227 g/mol. The Hall–Kier alpha value is -1.62. The molecule has 0 aliphatic heterocycles. The third kappa shape index (κ3) is 2.24. The first kappa shape index (κ1) is 11.9. The maximum absolute atomic E-state index is 12.2. The van der Waals surface area contributed by atoms with Gasteiger partial charge in [0.15, 0.2) is 5.78 Å².